The molecular formula is C10H8F3N3O3. The molecule has 0 saturated heterocycles. The number of halogens is 3. The Labute approximate surface area is 105 Å². The van der Waals surface area contributed by atoms with Crippen molar-refractivity contribution in [1.82, 2.24) is 4.98 Å². The first-order valence-electron chi connectivity index (χ1n) is 4.92. The molecular weight excluding hydrogens is 267 g/mol. The molecule has 102 valence electrons. The molecule has 1 aromatic heterocycles. The van der Waals surface area contributed by atoms with Crippen LogP contribution in [0.5, 0.6) is 5.88 Å². The number of nitriles is 1. The molecule has 9 heteroatoms. The lowest BCUT2D eigenvalue weighted by Crippen LogP contribution is -2.20. The maximum absolute atomic E-state index is 12.1. The van der Waals surface area contributed by atoms with E-state index in [0.717, 1.165) is 6.07 Å². The van der Waals surface area contributed by atoms with Gasteiger partial charge >= 0.3 is 12.3 Å². The number of ether oxygens (including phenoxy) is 2. The van der Waals surface area contributed by atoms with Gasteiger partial charge in [-0.25, -0.2) is 9.78 Å². The van der Waals surface area contributed by atoms with Gasteiger partial charge in [-0.05, 0) is 13.0 Å². The highest BCUT2D eigenvalue weighted by molar-refractivity contribution is 5.91. The highest BCUT2D eigenvalue weighted by atomic mass is 19.4. The van der Waals surface area contributed by atoms with Gasteiger partial charge < -0.3 is 15.2 Å². The largest absolute Gasteiger partial charge is 0.574 e. The molecule has 0 aliphatic carbocycles. The van der Waals surface area contributed by atoms with E-state index in [1.165, 1.54) is 6.92 Å². The molecule has 0 unspecified atom stereocenters. The van der Waals surface area contributed by atoms with Gasteiger partial charge in [-0.1, -0.05) is 0 Å². The number of nitrogen functional groups attached to an aromatic ring is 1. The molecule has 0 aromatic carbocycles. The van der Waals surface area contributed by atoms with Crippen molar-refractivity contribution in [1.29, 1.82) is 5.26 Å². The molecule has 0 aliphatic rings. The summed E-state index contributed by atoms with van der Waals surface area (Å²) in [4.78, 5) is 14.7. The zero-order chi connectivity index (χ0) is 14.6. The molecule has 1 heterocycles. The quantitative estimate of drug-likeness (QED) is 0.841. The van der Waals surface area contributed by atoms with Gasteiger partial charge in [0.2, 0.25) is 5.88 Å². The van der Waals surface area contributed by atoms with Crippen molar-refractivity contribution in [2.24, 2.45) is 0 Å². The number of carbonyl (C=O) groups excluding carboxylic acids is 1. The Hall–Kier alpha value is -2.50. The normalized spacial score (nSPS) is 10.7. The molecule has 2 N–H and O–H groups in total. The fourth-order valence-corrected chi connectivity index (χ4v) is 1.14. The van der Waals surface area contributed by atoms with Crippen LogP contribution in [0.3, 0.4) is 0 Å². The predicted octanol–water partition coefficient (Wildman–Crippen LogP) is 1.61. The first kappa shape index (κ1) is 14.6. The van der Waals surface area contributed by atoms with Crippen LogP contribution in [0, 0.1) is 11.3 Å². The van der Waals surface area contributed by atoms with Crippen molar-refractivity contribution in [3.8, 4) is 11.9 Å². The summed E-state index contributed by atoms with van der Waals surface area (Å²) in [7, 11) is 0. The molecule has 0 amide bonds. The first-order valence-corrected chi connectivity index (χ1v) is 4.92. The van der Waals surface area contributed by atoms with Crippen LogP contribution in [0.2, 0.25) is 0 Å². The summed E-state index contributed by atoms with van der Waals surface area (Å²) < 4.78 is 44.4. The van der Waals surface area contributed by atoms with E-state index in [2.05, 4.69) is 14.5 Å². The SMILES string of the molecule is CCOC(=O)c1nc(OC(F)(F)F)c(N)cc1C#N. The minimum absolute atomic E-state index is 0.0226. The molecule has 19 heavy (non-hydrogen) atoms. The number of alkyl halides is 3. The molecule has 1 aromatic rings. The number of nitrogens with zero attached hydrogens (tertiary/aromatic N) is 2. The van der Waals surface area contributed by atoms with E-state index in [-0.39, 0.29) is 12.2 Å². The Kier molecular flexibility index (Phi) is 4.16. The van der Waals surface area contributed by atoms with Crippen molar-refractivity contribution < 1.29 is 27.4 Å². The van der Waals surface area contributed by atoms with Gasteiger partial charge in [-0.15, -0.1) is 13.2 Å². The Morgan fingerprint density at radius 2 is 2.21 bits per heavy atom. The Bertz CT molecular complexity index is 537. The number of rotatable bonds is 3. The van der Waals surface area contributed by atoms with Crippen LogP contribution >= 0.6 is 0 Å². The number of hydrogen-bond donors (Lipinski definition) is 1. The number of esters is 1. The van der Waals surface area contributed by atoms with Gasteiger partial charge in [0.25, 0.3) is 0 Å². The van der Waals surface area contributed by atoms with Crippen molar-refractivity contribution in [2.75, 3.05) is 12.3 Å². The van der Waals surface area contributed by atoms with Crippen LogP contribution in [-0.2, 0) is 4.74 Å². The molecule has 0 atom stereocenters. The lowest BCUT2D eigenvalue weighted by molar-refractivity contribution is -0.275. The summed E-state index contributed by atoms with van der Waals surface area (Å²) >= 11 is 0. The number of carbonyl (C=O) groups is 1. The monoisotopic (exact) mass is 275 g/mol. The summed E-state index contributed by atoms with van der Waals surface area (Å²) in [5.74, 6) is -2.04. The average molecular weight is 275 g/mol. The van der Waals surface area contributed by atoms with Crippen LogP contribution < -0.4 is 10.5 Å². The smallest absolute Gasteiger partial charge is 0.461 e. The summed E-state index contributed by atoms with van der Waals surface area (Å²) in [6.07, 6.45) is -5.01. The Balaban J connectivity index is 3.26. The summed E-state index contributed by atoms with van der Waals surface area (Å²) in [5.41, 5.74) is 3.86. The number of pyridine rings is 1. The molecule has 0 aliphatic heterocycles. The topological polar surface area (TPSA) is 98.2 Å². The van der Waals surface area contributed by atoms with Gasteiger partial charge in [-0.3, -0.25) is 0 Å². The van der Waals surface area contributed by atoms with Crippen molar-refractivity contribution in [3.05, 3.63) is 17.3 Å². The second kappa shape index (κ2) is 5.43. The van der Waals surface area contributed by atoms with E-state index in [9.17, 15) is 18.0 Å². The standard InChI is InChI=1S/C10H8F3N3O3/c1-2-18-9(17)7-5(4-14)3-6(15)8(16-7)19-10(11,12)13/h3H,2,15H2,1H3. The van der Waals surface area contributed by atoms with E-state index in [0.29, 0.717) is 0 Å². The highest BCUT2D eigenvalue weighted by Crippen LogP contribution is 2.28. The second-order valence-electron chi connectivity index (χ2n) is 3.16. The maximum Gasteiger partial charge on any atom is 0.574 e. The lowest BCUT2D eigenvalue weighted by atomic mass is 10.2. The molecule has 0 fully saturated rings. The number of hydrogen-bond acceptors (Lipinski definition) is 6. The third-order valence-electron chi connectivity index (χ3n) is 1.82. The van der Waals surface area contributed by atoms with Crippen molar-refractivity contribution in [3.63, 3.8) is 0 Å². The zero-order valence-corrected chi connectivity index (χ0v) is 9.61. The number of nitrogens with two attached hydrogens (primary N) is 1. The fraction of sp³-hybridized carbons (Fsp3) is 0.300. The summed E-state index contributed by atoms with van der Waals surface area (Å²) in [6.45, 7) is 1.47. The first-order chi connectivity index (χ1) is 8.78. The van der Waals surface area contributed by atoms with Crippen LogP contribution in [0.1, 0.15) is 23.0 Å². The van der Waals surface area contributed by atoms with Crippen LogP contribution in [0.4, 0.5) is 18.9 Å². The van der Waals surface area contributed by atoms with Crippen LogP contribution in [-0.4, -0.2) is 23.9 Å². The van der Waals surface area contributed by atoms with E-state index in [4.69, 9.17) is 11.0 Å². The molecule has 0 saturated carbocycles. The maximum atomic E-state index is 12.1. The predicted molar refractivity (Wildman–Crippen MR) is 56.0 cm³/mol. The van der Waals surface area contributed by atoms with E-state index < -0.39 is 29.6 Å². The van der Waals surface area contributed by atoms with Crippen molar-refractivity contribution in [2.45, 2.75) is 13.3 Å². The molecule has 0 spiro atoms. The molecule has 1 rings (SSSR count). The van der Waals surface area contributed by atoms with E-state index >= 15 is 0 Å². The van der Waals surface area contributed by atoms with E-state index in [1.807, 2.05) is 0 Å². The van der Waals surface area contributed by atoms with Gasteiger partial charge in [0, 0.05) is 0 Å². The fourth-order valence-electron chi connectivity index (χ4n) is 1.14. The average Bonchev–Trinajstić information content (AvgIpc) is 2.29. The van der Waals surface area contributed by atoms with Crippen molar-refractivity contribution >= 4 is 11.7 Å². The minimum Gasteiger partial charge on any atom is -0.461 e. The van der Waals surface area contributed by atoms with Gasteiger partial charge in [0.15, 0.2) is 5.69 Å². The van der Waals surface area contributed by atoms with Gasteiger partial charge in [0.05, 0.1) is 17.9 Å². The third-order valence-corrected chi connectivity index (χ3v) is 1.82. The van der Waals surface area contributed by atoms with Crippen LogP contribution in [0.15, 0.2) is 6.07 Å². The lowest BCUT2D eigenvalue weighted by Gasteiger charge is -2.11. The molecule has 6 nitrogen and oxygen atoms in total. The highest BCUT2D eigenvalue weighted by Gasteiger charge is 2.33. The minimum atomic E-state index is -5.01. The summed E-state index contributed by atoms with van der Waals surface area (Å²) in [6, 6.07) is 2.45. The zero-order valence-electron chi connectivity index (χ0n) is 9.61. The second-order valence-corrected chi connectivity index (χ2v) is 3.16. The Morgan fingerprint density at radius 3 is 2.68 bits per heavy atom. The summed E-state index contributed by atoms with van der Waals surface area (Å²) in [5, 5.41) is 8.77. The van der Waals surface area contributed by atoms with E-state index in [1.54, 1.807) is 6.07 Å². The molecule has 0 bridgehead atoms. The Morgan fingerprint density at radius 1 is 1.58 bits per heavy atom. The number of aromatic nitrogens is 1. The number of anilines is 1. The van der Waals surface area contributed by atoms with Crippen LogP contribution in [0.25, 0.3) is 0 Å². The third kappa shape index (κ3) is 3.74. The van der Waals surface area contributed by atoms with Gasteiger partial charge in [0.1, 0.15) is 6.07 Å². The van der Waals surface area contributed by atoms with Gasteiger partial charge in [-0.2, -0.15) is 5.26 Å². The molecule has 0 radical (unpaired) electrons.